The van der Waals surface area contributed by atoms with Crippen LogP contribution in [0.4, 0.5) is 0 Å². The van der Waals surface area contributed by atoms with Crippen LogP contribution in [0.3, 0.4) is 0 Å². The Morgan fingerprint density at radius 1 is 1.00 bits per heavy atom. The van der Waals surface area contributed by atoms with Crippen molar-refractivity contribution in [3.8, 4) is 0 Å². The number of aryl methyl sites for hydroxylation is 1. The Hall–Kier alpha value is -0.600. The Morgan fingerprint density at radius 3 is 2.32 bits per heavy atom. The van der Waals surface area contributed by atoms with Gasteiger partial charge >= 0.3 is 0 Å². The lowest BCUT2D eigenvalue weighted by atomic mass is 10.0. The molecule has 2 rings (SSSR count). The topological polar surface area (TPSA) is 0 Å². The molecule has 0 amide bonds. The van der Waals surface area contributed by atoms with Gasteiger partial charge in [0.1, 0.15) is 0 Å². The first-order valence-corrected chi connectivity index (χ1v) is 8.85. The normalized spacial score (nSPS) is 12.0. The highest BCUT2D eigenvalue weighted by atomic mass is 32.2. The summed E-state index contributed by atoms with van der Waals surface area (Å²) < 4.78 is 0.150. The number of fused-ring (bicyclic) bond motifs is 1. The van der Waals surface area contributed by atoms with Gasteiger partial charge < -0.3 is 0 Å². The van der Waals surface area contributed by atoms with E-state index in [9.17, 15) is 0 Å². The van der Waals surface area contributed by atoms with Crippen molar-refractivity contribution in [2.24, 2.45) is 0 Å². The SMILES string of the molecule is CCSC(C)(SCC)c1cccc2ccc(C)cc12. The molecule has 0 unspecified atom stereocenters. The molecule has 2 aromatic rings. The van der Waals surface area contributed by atoms with Crippen LogP contribution < -0.4 is 0 Å². The molecule has 0 aliphatic heterocycles. The largest absolute Gasteiger partial charge is 0.140 e. The molecule has 0 aromatic heterocycles. The fourth-order valence-corrected chi connectivity index (χ4v) is 5.34. The Bertz CT molecular complexity index is 554. The van der Waals surface area contributed by atoms with E-state index in [1.807, 2.05) is 23.5 Å². The molecule has 102 valence electrons. The molecule has 0 saturated carbocycles. The van der Waals surface area contributed by atoms with Crippen LogP contribution in [0.2, 0.25) is 0 Å². The van der Waals surface area contributed by atoms with Gasteiger partial charge in [0.05, 0.1) is 4.08 Å². The van der Waals surface area contributed by atoms with E-state index in [4.69, 9.17) is 0 Å². The van der Waals surface area contributed by atoms with Crippen LogP contribution in [0.15, 0.2) is 36.4 Å². The van der Waals surface area contributed by atoms with Crippen molar-refractivity contribution < 1.29 is 0 Å². The number of hydrogen-bond acceptors (Lipinski definition) is 2. The lowest BCUT2D eigenvalue weighted by molar-refractivity contribution is 1.02. The summed E-state index contributed by atoms with van der Waals surface area (Å²) in [5.41, 5.74) is 2.80. The van der Waals surface area contributed by atoms with Crippen LogP contribution in [0.1, 0.15) is 31.9 Å². The molecule has 0 N–H and O–H groups in total. The van der Waals surface area contributed by atoms with Gasteiger partial charge in [-0.05, 0) is 41.7 Å². The summed E-state index contributed by atoms with van der Waals surface area (Å²) in [6, 6.07) is 13.5. The molecule has 2 aromatic carbocycles. The molecule has 0 nitrogen and oxygen atoms in total. The van der Waals surface area contributed by atoms with Gasteiger partial charge in [0.2, 0.25) is 0 Å². The highest BCUT2D eigenvalue weighted by molar-refractivity contribution is 8.17. The minimum Gasteiger partial charge on any atom is -0.140 e. The fraction of sp³-hybridized carbons (Fsp3) is 0.412. The fourth-order valence-electron chi connectivity index (χ4n) is 2.53. The van der Waals surface area contributed by atoms with E-state index in [1.54, 1.807) is 0 Å². The Balaban J connectivity index is 2.62. The summed E-state index contributed by atoms with van der Waals surface area (Å²) in [6.07, 6.45) is 0. The molecule has 0 heterocycles. The smallest absolute Gasteiger partial charge is 0.0837 e. The molecule has 0 saturated heterocycles. The van der Waals surface area contributed by atoms with Gasteiger partial charge in [-0.15, -0.1) is 23.5 Å². The maximum absolute atomic E-state index is 2.37. The highest BCUT2D eigenvalue weighted by Crippen LogP contribution is 2.48. The maximum atomic E-state index is 2.37. The van der Waals surface area contributed by atoms with Crippen molar-refractivity contribution in [1.29, 1.82) is 0 Å². The molecule has 0 radical (unpaired) electrons. The third-order valence-electron chi connectivity index (χ3n) is 3.37. The van der Waals surface area contributed by atoms with Gasteiger partial charge in [-0.2, -0.15) is 0 Å². The summed E-state index contributed by atoms with van der Waals surface area (Å²) in [7, 11) is 0. The van der Waals surface area contributed by atoms with Crippen LogP contribution in [-0.2, 0) is 4.08 Å². The van der Waals surface area contributed by atoms with Crippen molar-refractivity contribution in [3.05, 3.63) is 47.5 Å². The summed E-state index contributed by atoms with van der Waals surface area (Å²) >= 11 is 4.08. The third-order valence-corrected chi connectivity index (χ3v) is 6.19. The second kappa shape index (κ2) is 6.23. The quantitative estimate of drug-likeness (QED) is 0.636. The van der Waals surface area contributed by atoms with E-state index in [-0.39, 0.29) is 4.08 Å². The summed E-state index contributed by atoms with van der Waals surface area (Å²) in [5, 5.41) is 2.76. The molecule has 0 spiro atoms. The van der Waals surface area contributed by atoms with E-state index in [0.29, 0.717) is 0 Å². The van der Waals surface area contributed by atoms with Gasteiger partial charge in [-0.25, -0.2) is 0 Å². The van der Waals surface area contributed by atoms with E-state index in [1.165, 1.54) is 21.9 Å². The predicted molar refractivity (Wildman–Crippen MR) is 92.3 cm³/mol. The Labute approximate surface area is 125 Å². The van der Waals surface area contributed by atoms with E-state index in [0.717, 1.165) is 11.5 Å². The molecular weight excluding hydrogens is 268 g/mol. The minimum absolute atomic E-state index is 0.150. The first-order valence-electron chi connectivity index (χ1n) is 6.88. The number of hydrogen-bond donors (Lipinski definition) is 0. The van der Waals surface area contributed by atoms with Crippen LogP contribution in [-0.4, -0.2) is 11.5 Å². The zero-order valence-corrected chi connectivity index (χ0v) is 13.8. The molecule has 2 heteroatoms. The van der Waals surface area contributed by atoms with Gasteiger partial charge in [0.25, 0.3) is 0 Å². The van der Waals surface area contributed by atoms with Gasteiger partial charge in [-0.3, -0.25) is 0 Å². The zero-order chi connectivity index (χ0) is 13.9. The van der Waals surface area contributed by atoms with Crippen LogP contribution in [0, 0.1) is 6.92 Å². The summed E-state index contributed by atoms with van der Waals surface area (Å²) in [4.78, 5) is 0. The predicted octanol–water partition coefficient (Wildman–Crippen LogP) is 5.83. The van der Waals surface area contributed by atoms with Crippen molar-refractivity contribution in [2.45, 2.75) is 31.8 Å². The third kappa shape index (κ3) is 3.11. The van der Waals surface area contributed by atoms with E-state index in [2.05, 4.69) is 64.1 Å². The van der Waals surface area contributed by atoms with Gasteiger partial charge in [-0.1, -0.05) is 55.8 Å². The van der Waals surface area contributed by atoms with Crippen LogP contribution >= 0.6 is 23.5 Å². The van der Waals surface area contributed by atoms with E-state index >= 15 is 0 Å². The number of rotatable bonds is 5. The second-order valence-corrected chi connectivity index (χ2v) is 8.47. The summed E-state index contributed by atoms with van der Waals surface area (Å²) in [6.45, 7) is 9.03. The minimum atomic E-state index is 0.150. The molecule has 19 heavy (non-hydrogen) atoms. The Kier molecular flexibility index (Phi) is 4.86. The van der Waals surface area contributed by atoms with Crippen molar-refractivity contribution in [2.75, 3.05) is 11.5 Å². The molecule has 0 bridgehead atoms. The lowest BCUT2D eigenvalue weighted by Crippen LogP contribution is -2.14. The summed E-state index contributed by atoms with van der Waals surface area (Å²) in [5.74, 6) is 2.29. The van der Waals surface area contributed by atoms with Crippen molar-refractivity contribution >= 4 is 34.3 Å². The molecule has 0 atom stereocenters. The highest BCUT2D eigenvalue weighted by Gasteiger charge is 2.28. The average molecular weight is 290 g/mol. The van der Waals surface area contributed by atoms with Crippen LogP contribution in [0.5, 0.6) is 0 Å². The lowest BCUT2D eigenvalue weighted by Gasteiger charge is -2.29. The molecule has 0 aliphatic rings. The molecule has 0 aliphatic carbocycles. The first-order chi connectivity index (χ1) is 9.10. The first kappa shape index (κ1) is 14.8. The van der Waals surface area contributed by atoms with Crippen LogP contribution in [0.25, 0.3) is 10.8 Å². The average Bonchev–Trinajstić information content (AvgIpc) is 2.38. The second-order valence-electron chi connectivity index (χ2n) is 4.84. The standard InChI is InChI=1S/C17H22S2/c1-5-18-17(4,19-6-2)16-9-7-8-14-11-10-13(3)12-15(14)16/h7-12H,5-6H2,1-4H3. The Morgan fingerprint density at radius 2 is 1.68 bits per heavy atom. The zero-order valence-electron chi connectivity index (χ0n) is 12.2. The number of benzene rings is 2. The number of thioether (sulfide) groups is 2. The monoisotopic (exact) mass is 290 g/mol. The van der Waals surface area contributed by atoms with Gasteiger partial charge in [0.15, 0.2) is 0 Å². The molecular formula is C17H22S2. The van der Waals surface area contributed by atoms with E-state index < -0.39 is 0 Å². The van der Waals surface area contributed by atoms with Crippen molar-refractivity contribution in [1.82, 2.24) is 0 Å². The maximum Gasteiger partial charge on any atom is 0.0837 e. The molecule has 0 fully saturated rings. The van der Waals surface area contributed by atoms with Gasteiger partial charge in [0, 0.05) is 0 Å². The van der Waals surface area contributed by atoms with Crippen molar-refractivity contribution in [3.63, 3.8) is 0 Å².